The van der Waals surface area contributed by atoms with Gasteiger partial charge >= 0.3 is 4.87 Å². The van der Waals surface area contributed by atoms with Crippen LogP contribution in [0.2, 0.25) is 0 Å². The molecule has 2 aromatic heterocycles. The Kier molecular flexibility index (Phi) is 7.31. The molecule has 0 radical (unpaired) electrons. The van der Waals surface area contributed by atoms with E-state index in [1.54, 1.807) is 24.5 Å². The first-order chi connectivity index (χ1) is 13.7. The minimum Gasteiger partial charge on any atom is -0.309 e. The second-order valence-corrected chi connectivity index (χ2v) is 8.66. The SMILES string of the molecule is Cl.Cl.O=C(c1cccnc1)c1ccc2c(c1)sc(=O)n2CCN1CC2CCC(C1)N2. The van der Waals surface area contributed by atoms with E-state index in [0.29, 0.717) is 29.8 Å². The maximum absolute atomic E-state index is 12.6. The van der Waals surface area contributed by atoms with Crippen LogP contribution >= 0.6 is 36.2 Å². The largest absolute Gasteiger partial charge is 0.309 e. The Labute approximate surface area is 191 Å². The molecule has 2 aliphatic rings. The molecule has 9 heteroatoms. The van der Waals surface area contributed by atoms with Gasteiger partial charge in [0.05, 0.1) is 10.2 Å². The molecule has 2 fully saturated rings. The van der Waals surface area contributed by atoms with Gasteiger partial charge in [-0.05, 0) is 43.2 Å². The minimum atomic E-state index is -0.0707. The molecular weight excluding hydrogens is 443 g/mol. The summed E-state index contributed by atoms with van der Waals surface area (Å²) in [6.07, 6.45) is 5.74. The van der Waals surface area contributed by atoms with E-state index in [1.807, 2.05) is 22.8 Å². The molecule has 30 heavy (non-hydrogen) atoms. The van der Waals surface area contributed by atoms with Crippen LogP contribution < -0.4 is 10.2 Å². The second kappa shape index (κ2) is 9.58. The number of thiazole rings is 1. The second-order valence-electron chi connectivity index (χ2n) is 7.67. The smallest absolute Gasteiger partial charge is 0.308 e. The average Bonchev–Trinajstić information content (AvgIpc) is 3.23. The number of aromatic nitrogens is 2. The van der Waals surface area contributed by atoms with Crippen LogP contribution in [0.3, 0.4) is 0 Å². The summed E-state index contributed by atoms with van der Waals surface area (Å²) in [5.41, 5.74) is 2.06. The predicted octanol–water partition coefficient (Wildman–Crippen LogP) is 2.97. The highest BCUT2D eigenvalue weighted by Crippen LogP contribution is 2.22. The topological polar surface area (TPSA) is 67.2 Å². The monoisotopic (exact) mass is 466 g/mol. The molecule has 0 amide bonds. The molecule has 0 spiro atoms. The average molecular weight is 467 g/mol. The molecule has 1 aromatic carbocycles. The number of carbonyl (C=O) groups excluding carboxylic acids is 1. The molecule has 1 N–H and O–H groups in total. The number of pyridine rings is 1. The molecule has 0 saturated carbocycles. The molecule has 2 saturated heterocycles. The highest BCUT2D eigenvalue weighted by atomic mass is 35.5. The maximum atomic E-state index is 12.6. The van der Waals surface area contributed by atoms with Crippen molar-refractivity contribution in [1.29, 1.82) is 0 Å². The van der Waals surface area contributed by atoms with Gasteiger partial charge in [0.15, 0.2) is 5.78 Å². The van der Waals surface area contributed by atoms with Crippen molar-refractivity contribution in [3.05, 3.63) is 63.5 Å². The van der Waals surface area contributed by atoms with Gasteiger partial charge in [-0.2, -0.15) is 0 Å². The number of hydrogen-bond donors (Lipinski definition) is 1. The normalized spacial score (nSPS) is 20.5. The number of hydrogen-bond acceptors (Lipinski definition) is 6. The number of rotatable bonds is 5. The van der Waals surface area contributed by atoms with Crippen molar-refractivity contribution in [3.63, 3.8) is 0 Å². The van der Waals surface area contributed by atoms with E-state index in [2.05, 4.69) is 15.2 Å². The Hall–Kier alpha value is -1.77. The van der Waals surface area contributed by atoms with Crippen LogP contribution in [0.4, 0.5) is 0 Å². The van der Waals surface area contributed by atoms with Crippen molar-refractivity contribution in [1.82, 2.24) is 19.8 Å². The molecule has 0 aliphatic carbocycles. The van der Waals surface area contributed by atoms with E-state index < -0.39 is 0 Å². The lowest BCUT2D eigenvalue weighted by Crippen LogP contribution is -2.51. The van der Waals surface area contributed by atoms with Gasteiger partial charge in [-0.25, -0.2) is 0 Å². The van der Waals surface area contributed by atoms with Gasteiger partial charge in [0.1, 0.15) is 0 Å². The van der Waals surface area contributed by atoms with Crippen molar-refractivity contribution in [2.24, 2.45) is 0 Å². The lowest BCUT2D eigenvalue weighted by Gasteiger charge is -2.32. The lowest BCUT2D eigenvalue weighted by molar-refractivity contribution is 0.103. The summed E-state index contributed by atoms with van der Waals surface area (Å²) >= 11 is 1.21. The number of carbonyl (C=O) groups is 1. The zero-order valence-electron chi connectivity index (χ0n) is 16.3. The first-order valence-electron chi connectivity index (χ1n) is 9.74. The summed E-state index contributed by atoms with van der Waals surface area (Å²) in [4.78, 5) is 31.7. The van der Waals surface area contributed by atoms with Crippen LogP contribution in [0.25, 0.3) is 10.2 Å². The van der Waals surface area contributed by atoms with Crippen LogP contribution in [0.15, 0.2) is 47.5 Å². The molecule has 2 atom stereocenters. The third-order valence-electron chi connectivity index (χ3n) is 5.79. The number of nitrogens with one attached hydrogen (secondary N) is 1. The summed E-state index contributed by atoms with van der Waals surface area (Å²) < 4.78 is 2.71. The van der Waals surface area contributed by atoms with E-state index in [9.17, 15) is 9.59 Å². The molecule has 2 unspecified atom stereocenters. The summed E-state index contributed by atoms with van der Waals surface area (Å²) in [6, 6.07) is 10.3. The number of likely N-dealkylation sites (tertiary alicyclic amines) is 1. The van der Waals surface area contributed by atoms with E-state index >= 15 is 0 Å². The van der Waals surface area contributed by atoms with Crippen LogP contribution in [-0.4, -0.2) is 52.0 Å². The Morgan fingerprint density at radius 3 is 2.57 bits per heavy atom. The van der Waals surface area contributed by atoms with Gasteiger partial charge in [-0.1, -0.05) is 11.3 Å². The predicted molar refractivity (Wildman–Crippen MR) is 125 cm³/mol. The molecule has 6 nitrogen and oxygen atoms in total. The Bertz CT molecular complexity index is 1070. The lowest BCUT2D eigenvalue weighted by atomic mass is 10.1. The van der Waals surface area contributed by atoms with Crippen molar-refractivity contribution in [3.8, 4) is 0 Å². The Morgan fingerprint density at radius 1 is 1.10 bits per heavy atom. The van der Waals surface area contributed by atoms with E-state index in [0.717, 1.165) is 29.9 Å². The standard InChI is InChI=1S/C21H22N4O2S.2ClH/c26-20(15-2-1-7-22-11-15)14-3-6-18-19(10-14)28-21(27)25(18)9-8-24-12-16-4-5-17(13-24)23-16;;/h1-3,6-7,10-11,16-17,23H,4-5,8-9,12-13H2;2*1H. The van der Waals surface area contributed by atoms with Crippen LogP contribution in [-0.2, 0) is 6.54 Å². The number of benzene rings is 1. The zero-order valence-corrected chi connectivity index (χ0v) is 18.8. The maximum Gasteiger partial charge on any atom is 0.308 e. The molecule has 2 bridgehead atoms. The van der Waals surface area contributed by atoms with E-state index in [-0.39, 0.29) is 35.5 Å². The van der Waals surface area contributed by atoms with Gasteiger partial charge in [0, 0.05) is 61.8 Å². The van der Waals surface area contributed by atoms with E-state index in [1.165, 1.54) is 24.2 Å². The Balaban J connectivity index is 0.00000128. The summed E-state index contributed by atoms with van der Waals surface area (Å²) in [7, 11) is 0. The highest BCUT2D eigenvalue weighted by molar-refractivity contribution is 7.16. The molecule has 160 valence electrons. The van der Waals surface area contributed by atoms with Crippen molar-refractivity contribution >= 4 is 52.2 Å². The van der Waals surface area contributed by atoms with Crippen LogP contribution in [0, 0.1) is 0 Å². The first kappa shape index (κ1) is 22.9. The third kappa shape index (κ3) is 4.45. The third-order valence-corrected chi connectivity index (χ3v) is 6.73. The zero-order chi connectivity index (χ0) is 19.1. The van der Waals surface area contributed by atoms with Gasteiger partial charge in [-0.3, -0.25) is 24.0 Å². The molecule has 3 aromatic rings. The molecule has 2 aliphatic heterocycles. The van der Waals surface area contributed by atoms with Crippen molar-refractivity contribution in [2.75, 3.05) is 19.6 Å². The minimum absolute atomic E-state index is 0. The number of nitrogens with zero attached hydrogens (tertiary/aromatic N) is 3. The van der Waals surface area contributed by atoms with Crippen molar-refractivity contribution in [2.45, 2.75) is 31.5 Å². The van der Waals surface area contributed by atoms with Gasteiger partial charge in [0.2, 0.25) is 0 Å². The molecular formula is C21H24Cl2N4O2S. The quantitative estimate of drug-likeness (QED) is 0.585. The van der Waals surface area contributed by atoms with Gasteiger partial charge in [0.25, 0.3) is 0 Å². The van der Waals surface area contributed by atoms with Crippen LogP contribution in [0.1, 0.15) is 28.8 Å². The fourth-order valence-corrected chi connectivity index (χ4v) is 5.35. The fraction of sp³-hybridized carbons (Fsp3) is 0.381. The van der Waals surface area contributed by atoms with Crippen LogP contribution in [0.5, 0.6) is 0 Å². The number of fused-ring (bicyclic) bond motifs is 3. The summed E-state index contributed by atoms with van der Waals surface area (Å²) in [5.74, 6) is -0.0707. The highest BCUT2D eigenvalue weighted by Gasteiger charge is 2.31. The fourth-order valence-electron chi connectivity index (χ4n) is 4.40. The number of piperazine rings is 1. The van der Waals surface area contributed by atoms with Gasteiger partial charge in [-0.15, -0.1) is 24.8 Å². The van der Waals surface area contributed by atoms with E-state index in [4.69, 9.17) is 0 Å². The Morgan fingerprint density at radius 2 is 1.87 bits per heavy atom. The number of ketones is 1. The molecule has 5 rings (SSSR count). The summed E-state index contributed by atoms with van der Waals surface area (Å²) in [6.45, 7) is 3.71. The van der Waals surface area contributed by atoms with Crippen molar-refractivity contribution < 1.29 is 4.79 Å². The first-order valence-corrected chi connectivity index (χ1v) is 10.6. The molecule has 4 heterocycles. The number of halogens is 2. The summed E-state index contributed by atoms with van der Waals surface area (Å²) in [5, 5.41) is 3.64. The van der Waals surface area contributed by atoms with Gasteiger partial charge < -0.3 is 5.32 Å².